The quantitative estimate of drug-likeness (QED) is 0.925. The van der Waals surface area contributed by atoms with Crippen molar-refractivity contribution in [2.24, 2.45) is 7.05 Å². The number of hydrogen-bond acceptors (Lipinski definition) is 2. The Morgan fingerprint density at radius 1 is 1.26 bits per heavy atom. The van der Waals surface area contributed by atoms with Gasteiger partial charge in [-0.1, -0.05) is 28.1 Å². The molecule has 4 nitrogen and oxygen atoms in total. The molecule has 0 unspecified atom stereocenters. The van der Waals surface area contributed by atoms with Crippen LogP contribution in [0.5, 0.6) is 0 Å². The summed E-state index contributed by atoms with van der Waals surface area (Å²) < 4.78 is 2.66. The van der Waals surface area contributed by atoms with Crippen LogP contribution in [0.2, 0.25) is 0 Å². The van der Waals surface area contributed by atoms with Crippen molar-refractivity contribution in [3.05, 3.63) is 56.3 Å². The number of carbonyl (C=O) groups is 1. The first-order valence-electron chi connectivity index (χ1n) is 5.61. The van der Waals surface area contributed by atoms with Crippen molar-refractivity contribution in [2.45, 2.75) is 6.92 Å². The number of aromatic nitrogens is 1. The van der Waals surface area contributed by atoms with Crippen molar-refractivity contribution < 1.29 is 9.90 Å². The summed E-state index contributed by atoms with van der Waals surface area (Å²) in [4.78, 5) is 23.0. The Kier molecular flexibility index (Phi) is 3.57. The van der Waals surface area contributed by atoms with Crippen molar-refractivity contribution >= 4 is 21.9 Å². The number of aromatic carboxylic acids is 1. The lowest BCUT2D eigenvalue weighted by atomic mass is 10.1. The first kappa shape index (κ1) is 13.5. The second kappa shape index (κ2) is 5.01. The molecule has 0 bridgehead atoms. The van der Waals surface area contributed by atoms with Gasteiger partial charge in [0.25, 0.3) is 0 Å². The highest BCUT2D eigenvalue weighted by molar-refractivity contribution is 9.10. The lowest BCUT2D eigenvalue weighted by Gasteiger charge is -2.14. The van der Waals surface area contributed by atoms with E-state index in [9.17, 15) is 9.59 Å². The zero-order valence-electron chi connectivity index (χ0n) is 10.5. The molecule has 0 atom stereocenters. The highest BCUT2D eigenvalue weighted by Gasteiger charge is 2.16. The molecule has 1 N–H and O–H groups in total. The molecule has 19 heavy (non-hydrogen) atoms. The van der Waals surface area contributed by atoms with E-state index in [-0.39, 0.29) is 5.56 Å². The van der Waals surface area contributed by atoms with Gasteiger partial charge in [-0.25, -0.2) is 4.79 Å². The van der Waals surface area contributed by atoms with Gasteiger partial charge >= 0.3 is 5.97 Å². The van der Waals surface area contributed by atoms with Gasteiger partial charge in [0.1, 0.15) is 5.56 Å². The summed E-state index contributed by atoms with van der Waals surface area (Å²) in [6, 6.07) is 8.86. The first-order chi connectivity index (χ1) is 8.91. The van der Waals surface area contributed by atoms with Crippen LogP contribution in [0, 0.1) is 6.92 Å². The highest BCUT2D eigenvalue weighted by atomic mass is 79.9. The minimum atomic E-state index is -1.19. The Hall–Kier alpha value is -1.88. The molecule has 0 aliphatic carbocycles. The van der Waals surface area contributed by atoms with E-state index >= 15 is 0 Å². The Balaban J connectivity index is 2.70. The van der Waals surface area contributed by atoms with Gasteiger partial charge < -0.3 is 9.67 Å². The van der Waals surface area contributed by atoms with Crippen LogP contribution >= 0.6 is 15.9 Å². The summed E-state index contributed by atoms with van der Waals surface area (Å²) >= 11 is 3.35. The predicted molar refractivity (Wildman–Crippen MR) is 76.5 cm³/mol. The third kappa shape index (κ3) is 2.46. The van der Waals surface area contributed by atoms with Crippen LogP contribution in [0.1, 0.15) is 16.1 Å². The molecular formula is C14H12BrNO3. The number of halogens is 1. The summed E-state index contributed by atoms with van der Waals surface area (Å²) in [7, 11) is 1.75. The molecule has 0 saturated heterocycles. The number of carboxylic acid groups (broad SMARTS) is 1. The van der Waals surface area contributed by atoms with Gasteiger partial charge in [-0.05, 0) is 24.6 Å². The van der Waals surface area contributed by atoms with Crippen LogP contribution in [0.15, 0.2) is 39.6 Å². The summed E-state index contributed by atoms with van der Waals surface area (Å²) in [5.41, 5.74) is 1.35. The number of pyridine rings is 1. The molecule has 2 rings (SSSR count). The van der Waals surface area contributed by atoms with Gasteiger partial charge in [0, 0.05) is 23.3 Å². The van der Waals surface area contributed by atoms with Gasteiger partial charge in [0.15, 0.2) is 5.43 Å². The fraction of sp³-hybridized carbons (Fsp3) is 0.143. The maximum Gasteiger partial charge on any atom is 0.341 e. The summed E-state index contributed by atoms with van der Waals surface area (Å²) in [5.74, 6) is -1.19. The maximum atomic E-state index is 11.9. The van der Waals surface area contributed by atoms with Gasteiger partial charge in [0.2, 0.25) is 0 Å². The van der Waals surface area contributed by atoms with E-state index in [0.717, 1.165) is 10.0 Å². The van der Waals surface area contributed by atoms with Crippen LogP contribution in [0.4, 0.5) is 0 Å². The van der Waals surface area contributed by atoms with Crippen molar-refractivity contribution in [3.8, 4) is 11.3 Å². The topological polar surface area (TPSA) is 59.3 Å². The second-order valence-corrected chi connectivity index (χ2v) is 5.14. The molecule has 0 amide bonds. The number of rotatable bonds is 2. The molecule has 98 valence electrons. The second-order valence-electron chi connectivity index (χ2n) is 4.23. The van der Waals surface area contributed by atoms with Gasteiger partial charge in [-0.15, -0.1) is 0 Å². The number of nitrogens with zero attached hydrogens (tertiary/aromatic N) is 1. The smallest absolute Gasteiger partial charge is 0.341 e. The SMILES string of the molecule is Cc1c(C(=O)O)c(=O)cc(-c2ccc(Br)cc2)n1C. The van der Waals surface area contributed by atoms with E-state index in [4.69, 9.17) is 5.11 Å². The fourth-order valence-corrected chi connectivity index (χ4v) is 2.24. The van der Waals surface area contributed by atoms with E-state index in [1.54, 1.807) is 18.5 Å². The lowest BCUT2D eigenvalue weighted by molar-refractivity contribution is 0.0693. The number of benzene rings is 1. The Bertz CT molecular complexity index is 702. The van der Waals surface area contributed by atoms with Crippen LogP contribution in [-0.2, 0) is 7.05 Å². The molecular weight excluding hydrogens is 310 g/mol. The van der Waals surface area contributed by atoms with Crippen molar-refractivity contribution in [3.63, 3.8) is 0 Å². The first-order valence-corrected chi connectivity index (χ1v) is 6.41. The maximum absolute atomic E-state index is 11.9. The molecule has 1 aromatic carbocycles. The molecule has 0 radical (unpaired) electrons. The largest absolute Gasteiger partial charge is 0.477 e. The minimum Gasteiger partial charge on any atom is -0.477 e. The van der Waals surface area contributed by atoms with E-state index in [0.29, 0.717) is 11.4 Å². The van der Waals surface area contributed by atoms with E-state index in [1.165, 1.54) is 6.07 Å². The molecule has 1 heterocycles. The monoisotopic (exact) mass is 321 g/mol. The van der Waals surface area contributed by atoms with Crippen LogP contribution < -0.4 is 5.43 Å². The average molecular weight is 322 g/mol. The van der Waals surface area contributed by atoms with Crippen LogP contribution in [0.3, 0.4) is 0 Å². The van der Waals surface area contributed by atoms with Gasteiger partial charge in [-0.2, -0.15) is 0 Å². The highest BCUT2D eigenvalue weighted by Crippen LogP contribution is 2.22. The molecule has 0 fully saturated rings. The summed E-state index contributed by atoms with van der Waals surface area (Å²) in [6.45, 7) is 1.63. The summed E-state index contributed by atoms with van der Waals surface area (Å²) in [5, 5.41) is 9.05. The number of hydrogen-bond donors (Lipinski definition) is 1. The van der Waals surface area contributed by atoms with E-state index < -0.39 is 11.4 Å². The minimum absolute atomic E-state index is 0.177. The van der Waals surface area contributed by atoms with Gasteiger partial charge in [-0.3, -0.25) is 4.79 Å². The zero-order chi connectivity index (χ0) is 14.2. The Morgan fingerprint density at radius 2 is 1.84 bits per heavy atom. The average Bonchev–Trinajstić information content (AvgIpc) is 2.34. The fourth-order valence-electron chi connectivity index (χ4n) is 1.98. The van der Waals surface area contributed by atoms with Crippen molar-refractivity contribution in [2.75, 3.05) is 0 Å². The van der Waals surface area contributed by atoms with Crippen LogP contribution in [-0.4, -0.2) is 15.6 Å². The molecule has 1 aromatic heterocycles. The predicted octanol–water partition coefficient (Wildman–Crippen LogP) is 2.82. The molecule has 0 aliphatic rings. The van der Waals surface area contributed by atoms with Crippen molar-refractivity contribution in [1.29, 1.82) is 0 Å². The molecule has 2 aromatic rings. The lowest BCUT2D eigenvalue weighted by Crippen LogP contribution is -2.21. The van der Waals surface area contributed by atoms with Crippen molar-refractivity contribution in [1.82, 2.24) is 4.57 Å². The standard InChI is InChI=1S/C14H12BrNO3/c1-8-13(14(18)19)12(17)7-11(16(8)2)9-3-5-10(15)6-4-9/h3-7H,1-2H3,(H,18,19). The third-order valence-corrected chi connectivity index (χ3v) is 3.62. The number of carboxylic acids is 1. The summed E-state index contributed by atoms with van der Waals surface area (Å²) in [6.07, 6.45) is 0. The third-order valence-electron chi connectivity index (χ3n) is 3.09. The Morgan fingerprint density at radius 3 is 2.37 bits per heavy atom. The normalized spacial score (nSPS) is 10.5. The van der Waals surface area contributed by atoms with E-state index in [1.807, 2.05) is 24.3 Å². The van der Waals surface area contributed by atoms with E-state index in [2.05, 4.69) is 15.9 Å². The molecule has 0 spiro atoms. The molecule has 0 aliphatic heterocycles. The molecule has 0 saturated carbocycles. The zero-order valence-corrected chi connectivity index (χ0v) is 12.1. The van der Waals surface area contributed by atoms with Crippen LogP contribution in [0.25, 0.3) is 11.3 Å². The molecule has 5 heteroatoms. The Labute approximate surface area is 118 Å². The van der Waals surface area contributed by atoms with Gasteiger partial charge in [0.05, 0.1) is 5.69 Å².